The van der Waals surface area contributed by atoms with Crippen molar-refractivity contribution >= 4 is 0 Å². The Kier molecular flexibility index (Phi) is 16.4. The Morgan fingerprint density at radius 1 is 0.800 bits per heavy atom. The van der Waals surface area contributed by atoms with Gasteiger partial charge in [-0.2, -0.15) is 0 Å². The molecule has 0 heterocycles. The van der Waals surface area contributed by atoms with Crippen LogP contribution in [0, 0.1) is 0 Å². The number of hydrogen-bond donors (Lipinski definition) is 2. The van der Waals surface area contributed by atoms with Crippen molar-refractivity contribution in [1.29, 1.82) is 0 Å². The first-order chi connectivity index (χ1) is 9.81. The van der Waals surface area contributed by atoms with Crippen LogP contribution in [-0.2, 0) is 0 Å². The zero-order valence-corrected chi connectivity index (χ0v) is 13.5. The van der Waals surface area contributed by atoms with Crippen LogP contribution in [0.3, 0.4) is 0 Å². The van der Waals surface area contributed by atoms with E-state index in [4.69, 9.17) is 5.11 Å². The molecule has 0 aliphatic rings. The maximum atomic E-state index is 9.38. The maximum absolute atomic E-state index is 9.38. The molecule has 0 fully saturated rings. The summed E-state index contributed by atoms with van der Waals surface area (Å²) in [5, 5.41) is 18.0. The maximum Gasteiger partial charge on any atom is 0.0742 e. The lowest BCUT2D eigenvalue weighted by atomic mass is 10.1. The van der Waals surface area contributed by atoms with E-state index in [0.29, 0.717) is 6.42 Å². The van der Waals surface area contributed by atoms with Gasteiger partial charge in [0, 0.05) is 6.61 Å². The molecule has 0 aromatic rings. The summed E-state index contributed by atoms with van der Waals surface area (Å²) >= 11 is 0. The monoisotopic (exact) mass is 284 g/mol. The van der Waals surface area contributed by atoms with E-state index < -0.39 is 6.10 Å². The van der Waals surface area contributed by atoms with Crippen molar-refractivity contribution in [2.24, 2.45) is 0 Å². The molecule has 20 heavy (non-hydrogen) atoms. The van der Waals surface area contributed by atoms with Crippen LogP contribution < -0.4 is 0 Å². The van der Waals surface area contributed by atoms with Gasteiger partial charge in [-0.3, -0.25) is 0 Å². The van der Waals surface area contributed by atoms with Gasteiger partial charge in [0.1, 0.15) is 0 Å². The van der Waals surface area contributed by atoms with Crippen LogP contribution in [0.4, 0.5) is 0 Å². The van der Waals surface area contributed by atoms with E-state index in [1.807, 2.05) is 12.2 Å². The first-order valence-electron chi connectivity index (χ1n) is 8.76. The first-order valence-corrected chi connectivity index (χ1v) is 8.76. The van der Waals surface area contributed by atoms with Gasteiger partial charge in [-0.15, -0.1) is 0 Å². The van der Waals surface area contributed by atoms with Gasteiger partial charge in [0.2, 0.25) is 0 Å². The molecule has 2 heteroatoms. The van der Waals surface area contributed by atoms with Gasteiger partial charge in [-0.25, -0.2) is 0 Å². The standard InChI is InChI=1S/C18H36O2/c1-2-3-4-5-6-7-8-9-10-11-12-13-14-15-18(20)16-17-19/h14-15,18-20H,2-13,16-17H2,1H3/b15-14+/t18-/m1/s1. The molecule has 0 aliphatic heterocycles. The fourth-order valence-corrected chi connectivity index (χ4v) is 2.41. The third-order valence-corrected chi connectivity index (χ3v) is 3.76. The SMILES string of the molecule is CCCCCCCCCCCCC/C=C/[C@@H](O)CCO. The number of allylic oxidation sites excluding steroid dienone is 1. The molecule has 0 aliphatic carbocycles. The zero-order valence-electron chi connectivity index (χ0n) is 13.5. The molecule has 1 atom stereocenters. The van der Waals surface area contributed by atoms with Crippen LogP contribution in [0.5, 0.6) is 0 Å². The Morgan fingerprint density at radius 3 is 1.80 bits per heavy atom. The third kappa shape index (κ3) is 15.7. The molecule has 0 amide bonds. The molecule has 0 aromatic heterocycles. The van der Waals surface area contributed by atoms with Crippen molar-refractivity contribution in [2.75, 3.05) is 6.61 Å². The molecule has 0 bridgehead atoms. The molecule has 0 saturated carbocycles. The molecular weight excluding hydrogens is 248 g/mol. The minimum absolute atomic E-state index is 0.0595. The highest BCUT2D eigenvalue weighted by atomic mass is 16.3. The fraction of sp³-hybridized carbons (Fsp3) is 0.889. The molecule has 0 rings (SSSR count). The van der Waals surface area contributed by atoms with E-state index in [-0.39, 0.29) is 6.61 Å². The lowest BCUT2D eigenvalue weighted by Gasteiger charge is -2.02. The van der Waals surface area contributed by atoms with Crippen molar-refractivity contribution in [2.45, 2.75) is 96.5 Å². The van der Waals surface area contributed by atoms with E-state index in [0.717, 1.165) is 6.42 Å². The Labute approximate surface area is 126 Å². The van der Waals surface area contributed by atoms with Crippen LogP contribution in [0.1, 0.15) is 90.4 Å². The van der Waals surface area contributed by atoms with Crippen LogP contribution >= 0.6 is 0 Å². The quantitative estimate of drug-likeness (QED) is 0.328. The molecule has 0 aromatic carbocycles. The van der Waals surface area contributed by atoms with Gasteiger partial charge in [0.15, 0.2) is 0 Å². The van der Waals surface area contributed by atoms with Crippen molar-refractivity contribution in [3.8, 4) is 0 Å². The Morgan fingerprint density at radius 2 is 1.30 bits per heavy atom. The summed E-state index contributed by atoms with van der Waals surface area (Å²) in [7, 11) is 0. The normalized spacial score (nSPS) is 13.2. The molecule has 2 nitrogen and oxygen atoms in total. The van der Waals surface area contributed by atoms with Gasteiger partial charge in [0.05, 0.1) is 6.10 Å². The van der Waals surface area contributed by atoms with E-state index in [2.05, 4.69) is 6.92 Å². The summed E-state index contributed by atoms with van der Waals surface area (Å²) in [6, 6.07) is 0. The van der Waals surface area contributed by atoms with Gasteiger partial charge in [0.25, 0.3) is 0 Å². The average molecular weight is 284 g/mol. The lowest BCUT2D eigenvalue weighted by Crippen LogP contribution is -2.03. The molecule has 0 saturated heterocycles. The van der Waals surface area contributed by atoms with Gasteiger partial charge in [-0.1, -0.05) is 83.3 Å². The number of aliphatic hydroxyl groups excluding tert-OH is 2. The minimum Gasteiger partial charge on any atom is -0.396 e. The minimum atomic E-state index is -0.465. The Balaban J connectivity index is 3.09. The van der Waals surface area contributed by atoms with Crippen LogP contribution in [0.25, 0.3) is 0 Å². The number of hydrogen-bond acceptors (Lipinski definition) is 2. The van der Waals surface area contributed by atoms with Crippen molar-refractivity contribution in [3.05, 3.63) is 12.2 Å². The molecular formula is C18H36O2. The van der Waals surface area contributed by atoms with Crippen molar-refractivity contribution < 1.29 is 10.2 Å². The van der Waals surface area contributed by atoms with E-state index in [1.54, 1.807) is 0 Å². The smallest absolute Gasteiger partial charge is 0.0742 e. The highest BCUT2D eigenvalue weighted by molar-refractivity contribution is 4.88. The molecule has 2 N–H and O–H groups in total. The van der Waals surface area contributed by atoms with Crippen LogP contribution in [-0.4, -0.2) is 22.9 Å². The fourth-order valence-electron chi connectivity index (χ4n) is 2.41. The Hall–Kier alpha value is -0.340. The first kappa shape index (κ1) is 19.7. The third-order valence-electron chi connectivity index (χ3n) is 3.76. The second-order valence-corrected chi connectivity index (χ2v) is 5.83. The van der Waals surface area contributed by atoms with Gasteiger partial charge >= 0.3 is 0 Å². The summed E-state index contributed by atoms with van der Waals surface area (Å²) in [5.41, 5.74) is 0. The molecule has 0 spiro atoms. The largest absolute Gasteiger partial charge is 0.396 e. The van der Waals surface area contributed by atoms with Crippen molar-refractivity contribution in [3.63, 3.8) is 0 Å². The summed E-state index contributed by atoms with van der Waals surface area (Å²) < 4.78 is 0. The van der Waals surface area contributed by atoms with Gasteiger partial charge in [-0.05, 0) is 19.3 Å². The van der Waals surface area contributed by atoms with Crippen LogP contribution in [0.15, 0.2) is 12.2 Å². The highest BCUT2D eigenvalue weighted by Crippen LogP contribution is 2.12. The summed E-state index contributed by atoms with van der Waals surface area (Å²) in [4.78, 5) is 0. The molecule has 120 valence electrons. The summed E-state index contributed by atoms with van der Waals surface area (Å²) in [5.74, 6) is 0. The van der Waals surface area contributed by atoms with Crippen LogP contribution in [0.2, 0.25) is 0 Å². The average Bonchev–Trinajstić information content (AvgIpc) is 2.44. The predicted octanol–water partition coefficient (Wildman–Crippen LogP) is 4.99. The van der Waals surface area contributed by atoms with E-state index >= 15 is 0 Å². The number of unbranched alkanes of at least 4 members (excludes halogenated alkanes) is 11. The summed E-state index contributed by atoms with van der Waals surface area (Å²) in [6.45, 7) is 2.33. The topological polar surface area (TPSA) is 40.5 Å². The number of aliphatic hydroxyl groups is 2. The van der Waals surface area contributed by atoms with E-state index in [1.165, 1.54) is 70.6 Å². The highest BCUT2D eigenvalue weighted by Gasteiger charge is 1.96. The second kappa shape index (κ2) is 16.7. The van der Waals surface area contributed by atoms with Gasteiger partial charge < -0.3 is 10.2 Å². The zero-order chi connectivity index (χ0) is 14.9. The lowest BCUT2D eigenvalue weighted by molar-refractivity contribution is 0.170. The van der Waals surface area contributed by atoms with E-state index in [9.17, 15) is 5.11 Å². The molecule has 0 radical (unpaired) electrons. The Bertz CT molecular complexity index is 202. The number of rotatable bonds is 15. The molecule has 0 unspecified atom stereocenters. The summed E-state index contributed by atoms with van der Waals surface area (Å²) in [6.07, 6.45) is 20.0. The second-order valence-electron chi connectivity index (χ2n) is 5.83. The van der Waals surface area contributed by atoms with Crippen molar-refractivity contribution in [1.82, 2.24) is 0 Å². The predicted molar refractivity (Wildman–Crippen MR) is 87.9 cm³/mol.